The summed E-state index contributed by atoms with van der Waals surface area (Å²) in [5, 5.41) is 3.15. The maximum Gasteiger partial charge on any atom is 0.243 e. The van der Waals surface area contributed by atoms with E-state index in [1.807, 2.05) is 31.2 Å². The number of carbonyl (C=O) groups excluding carboxylic acids is 1. The van der Waals surface area contributed by atoms with Gasteiger partial charge in [-0.25, -0.2) is 8.42 Å². The van der Waals surface area contributed by atoms with Crippen LogP contribution in [0.25, 0.3) is 0 Å². The number of hydrogen-bond donors (Lipinski definition) is 1. The van der Waals surface area contributed by atoms with Crippen molar-refractivity contribution < 1.29 is 17.9 Å². The van der Waals surface area contributed by atoms with Crippen molar-refractivity contribution in [3.05, 3.63) is 53.1 Å². The third-order valence-electron chi connectivity index (χ3n) is 4.90. The zero-order chi connectivity index (χ0) is 20.3. The van der Waals surface area contributed by atoms with Crippen LogP contribution in [0.2, 0.25) is 5.02 Å². The van der Waals surface area contributed by atoms with E-state index in [1.165, 1.54) is 29.6 Å². The van der Waals surface area contributed by atoms with Crippen molar-refractivity contribution in [2.45, 2.75) is 24.7 Å². The normalized spacial score (nSPS) is 16.0. The quantitative estimate of drug-likeness (QED) is 0.797. The SMILES string of the molecule is COc1ccc(S(=O)(=O)N2CCC(C(=O)Nc3ccc(C)cc3)CC2)cc1Cl. The molecule has 0 aromatic heterocycles. The van der Waals surface area contributed by atoms with Crippen LogP contribution in [-0.4, -0.2) is 38.8 Å². The van der Waals surface area contributed by atoms with Crippen molar-refractivity contribution in [3.63, 3.8) is 0 Å². The van der Waals surface area contributed by atoms with Crippen LogP contribution in [0.15, 0.2) is 47.4 Å². The predicted molar refractivity (Wildman–Crippen MR) is 109 cm³/mol. The van der Waals surface area contributed by atoms with Crippen LogP contribution in [0.5, 0.6) is 5.75 Å². The molecule has 2 aromatic rings. The number of nitrogens with zero attached hydrogens (tertiary/aromatic N) is 1. The summed E-state index contributed by atoms with van der Waals surface area (Å²) in [6, 6.07) is 12.0. The van der Waals surface area contributed by atoms with Crippen molar-refractivity contribution in [1.82, 2.24) is 4.31 Å². The number of sulfonamides is 1. The number of hydrogen-bond acceptors (Lipinski definition) is 4. The fourth-order valence-electron chi connectivity index (χ4n) is 3.20. The minimum absolute atomic E-state index is 0.0756. The number of benzene rings is 2. The monoisotopic (exact) mass is 422 g/mol. The first-order chi connectivity index (χ1) is 13.3. The summed E-state index contributed by atoms with van der Waals surface area (Å²) >= 11 is 6.07. The molecule has 0 bridgehead atoms. The molecular formula is C20H23ClN2O4S. The highest BCUT2D eigenvalue weighted by Gasteiger charge is 2.32. The molecule has 6 nitrogen and oxygen atoms in total. The molecule has 3 rings (SSSR count). The Kier molecular flexibility index (Phi) is 6.27. The lowest BCUT2D eigenvalue weighted by Crippen LogP contribution is -2.41. The number of ether oxygens (including phenoxy) is 1. The third kappa shape index (κ3) is 4.48. The van der Waals surface area contributed by atoms with Gasteiger partial charge in [-0.3, -0.25) is 4.79 Å². The number of halogens is 1. The minimum Gasteiger partial charge on any atom is -0.495 e. The predicted octanol–water partition coefficient (Wildman–Crippen LogP) is 3.70. The van der Waals surface area contributed by atoms with Gasteiger partial charge in [0.25, 0.3) is 0 Å². The molecule has 8 heteroatoms. The Bertz CT molecular complexity index is 953. The van der Waals surface area contributed by atoms with Crippen molar-refractivity contribution >= 4 is 33.2 Å². The van der Waals surface area contributed by atoms with Gasteiger partial charge in [0.15, 0.2) is 0 Å². The highest BCUT2D eigenvalue weighted by molar-refractivity contribution is 7.89. The van der Waals surface area contributed by atoms with Crippen molar-refractivity contribution in [2.75, 3.05) is 25.5 Å². The lowest BCUT2D eigenvalue weighted by atomic mass is 9.97. The molecule has 1 N–H and O–H groups in total. The summed E-state index contributed by atoms with van der Waals surface area (Å²) in [7, 11) is -2.19. The Hall–Kier alpha value is -2.09. The third-order valence-corrected chi connectivity index (χ3v) is 7.09. The number of anilines is 1. The van der Waals surface area contributed by atoms with Crippen LogP contribution in [0, 0.1) is 12.8 Å². The van der Waals surface area contributed by atoms with Gasteiger partial charge in [0.05, 0.1) is 17.0 Å². The van der Waals surface area contributed by atoms with Crippen molar-refractivity contribution in [2.24, 2.45) is 5.92 Å². The number of carbonyl (C=O) groups is 1. The molecule has 2 aromatic carbocycles. The molecule has 0 saturated carbocycles. The summed E-state index contributed by atoms with van der Waals surface area (Å²) in [6.45, 7) is 2.56. The van der Waals surface area contributed by atoms with Gasteiger partial charge in [-0.2, -0.15) is 4.31 Å². The van der Waals surface area contributed by atoms with E-state index in [-0.39, 0.29) is 34.8 Å². The van der Waals surface area contributed by atoms with E-state index in [0.717, 1.165) is 11.3 Å². The minimum atomic E-state index is -3.66. The first kappa shape index (κ1) is 20.6. The highest BCUT2D eigenvalue weighted by atomic mass is 35.5. The number of nitrogens with one attached hydrogen (secondary N) is 1. The van der Waals surface area contributed by atoms with Gasteiger partial charge < -0.3 is 10.1 Å². The Morgan fingerprint density at radius 2 is 1.79 bits per heavy atom. The van der Waals surface area contributed by atoms with Crippen LogP contribution in [0.3, 0.4) is 0 Å². The summed E-state index contributed by atoms with van der Waals surface area (Å²) < 4.78 is 32.2. The van der Waals surface area contributed by atoms with E-state index in [0.29, 0.717) is 18.6 Å². The summed E-state index contributed by atoms with van der Waals surface area (Å²) in [6.07, 6.45) is 0.946. The number of methoxy groups -OCH3 is 1. The fourth-order valence-corrected chi connectivity index (χ4v) is 5.02. The average Bonchev–Trinajstić information content (AvgIpc) is 2.69. The molecule has 1 amide bonds. The smallest absolute Gasteiger partial charge is 0.243 e. The van der Waals surface area contributed by atoms with Gasteiger partial charge in [0.1, 0.15) is 5.75 Å². The lowest BCUT2D eigenvalue weighted by Gasteiger charge is -2.30. The molecule has 1 aliphatic heterocycles. The topological polar surface area (TPSA) is 75.7 Å². The maximum absolute atomic E-state index is 12.9. The number of rotatable bonds is 5. The van der Waals surface area contributed by atoms with E-state index in [4.69, 9.17) is 16.3 Å². The lowest BCUT2D eigenvalue weighted by molar-refractivity contribution is -0.120. The van der Waals surface area contributed by atoms with E-state index in [1.54, 1.807) is 0 Å². The molecule has 1 fully saturated rings. The standard InChI is InChI=1S/C20H23ClN2O4S/c1-14-3-5-16(6-4-14)22-20(24)15-9-11-23(12-10-15)28(25,26)17-7-8-19(27-2)18(21)13-17/h3-8,13,15H,9-12H2,1-2H3,(H,22,24). The molecule has 1 heterocycles. The molecule has 0 atom stereocenters. The van der Waals surface area contributed by atoms with E-state index < -0.39 is 10.0 Å². The van der Waals surface area contributed by atoms with Gasteiger partial charge in [0.2, 0.25) is 15.9 Å². The van der Waals surface area contributed by atoms with Crippen LogP contribution >= 0.6 is 11.6 Å². The molecular weight excluding hydrogens is 400 g/mol. The average molecular weight is 423 g/mol. The molecule has 0 aliphatic carbocycles. The van der Waals surface area contributed by atoms with Gasteiger partial charge in [0, 0.05) is 24.7 Å². The fraction of sp³-hybridized carbons (Fsp3) is 0.350. The summed E-state index contributed by atoms with van der Waals surface area (Å²) in [5.41, 5.74) is 1.87. The first-order valence-electron chi connectivity index (χ1n) is 9.02. The first-order valence-corrected chi connectivity index (χ1v) is 10.8. The second-order valence-corrected chi connectivity index (χ2v) is 9.18. The summed E-state index contributed by atoms with van der Waals surface area (Å²) in [5.74, 6) is 0.132. The summed E-state index contributed by atoms with van der Waals surface area (Å²) in [4.78, 5) is 12.6. The number of aryl methyl sites for hydroxylation is 1. The highest BCUT2D eigenvalue weighted by Crippen LogP contribution is 2.30. The zero-order valence-electron chi connectivity index (χ0n) is 15.8. The van der Waals surface area contributed by atoms with Crippen molar-refractivity contribution in [1.29, 1.82) is 0 Å². The maximum atomic E-state index is 12.9. The Morgan fingerprint density at radius 3 is 2.36 bits per heavy atom. The Balaban J connectivity index is 1.63. The molecule has 1 saturated heterocycles. The van der Waals surface area contributed by atoms with Crippen molar-refractivity contribution in [3.8, 4) is 5.75 Å². The van der Waals surface area contributed by atoms with Gasteiger partial charge in [-0.15, -0.1) is 0 Å². The number of piperidine rings is 1. The molecule has 0 unspecified atom stereocenters. The zero-order valence-corrected chi connectivity index (χ0v) is 17.4. The second-order valence-electron chi connectivity index (χ2n) is 6.83. The molecule has 0 spiro atoms. The van der Waals surface area contributed by atoms with Crippen LogP contribution in [-0.2, 0) is 14.8 Å². The largest absolute Gasteiger partial charge is 0.495 e. The van der Waals surface area contributed by atoms with E-state index in [9.17, 15) is 13.2 Å². The van der Waals surface area contributed by atoms with Crippen LogP contribution < -0.4 is 10.1 Å². The van der Waals surface area contributed by atoms with E-state index in [2.05, 4.69) is 5.32 Å². The van der Waals surface area contributed by atoms with Gasteiger partial charge in [-0.1, -0.05) is 29.3 Å². The van der Waals surface area contributed by atoms with Gasteiger partial charge in [-0.05, 0) is 50.1 Å². The molecule has 150 valence electrons. The van der Waals surface area contributed by atoms with Crippen LogP contribution in [0.1, 0.15) is 18.4 Å². The molecule has 28 heavy (non-hydrogen) atoms. The Morgan fingerprint density at radius 1 is 1.14 bits per heavy atom. The van der Waals surface area contributed by atoms with Crippen LogP contribution in [0.4, 0.5) is 5.69 Å². The molecule has 0 radical (unpaired) electrons. The number of amides is 1. The Labute approximate surface area is 170 Å². The molecule has 1 aliphatic rings. The van der Waals surface area contributed by atoms with Gasteiger partial charge >= 0.3 is 0 Å². The van der Waals surface area contributed by atoms with E-state index >= 15 is 0 Å². The second kappa shape index (κ2) is 8.51.